The highest BCUT2D eigenvalue weighted by Crippen LogP contribution is 2.51. The minimum absolute atomic E-state index is 0.0338. The second kappa shape index (κ2) is 5.71. The second-order valence-corrected chi connectivity index (χ2v) is 7.55. The first-order valence-corrected chi connectivity index (χ1v) is 8.63. The van der Waals surface area contributed by atoms with Crippen LogP contribution in [0.15, 0.2) is 0 Å². The van der Waals surface area contributed by atoms with Crippen LogP contribution >= 0.6 is 0 Å². The van der Waals surface area contributed by atoms with Crippen LogP contribution in [0.2, 0.25) is 0 Å². The Labute approximate surface area is 127 Å². The second-order valence-electron chi connectivity index (χ2n) is 7.55. The first-order chi connectivity index (χ1) is 10.0. The summed E-state index contributed by atoms with van der Waals surface area (Å²) in [7, 11) is 0. The largest absolute Gasteiger partial charge is 0.305 e. The molecule has 3 rings (SSSR count). The van der Waals surface area contributed by atoms with Gasteiger partial charge in [0.2, 0.25) is 11.8 Å². The highest BCUT2D eigenvalue weighted by molar-refractivity contribution is 6.05. The van der Waals surface area contributed by atoms with Crippen molar-refractivity contribution >= 4 is 11.8 Å². The van der Waals surface area contributed by atoms with Crippen LogP contribution in [0, 0.1) is 11.3 Å². The van der Waals surface area contributed by atoms with Gasteiger partial charge in [0.05, 0.1) is 12.5 Å². The molecule has 1 saturated heterocycles. The van der Waals surface area contributed by atoms with Crippen LogP contribution in [0.3, 0.4) is 0 Å². The van der Waals surface area contributed by atoms with Gasteiger partial charge in [-0.3, -0.25) is 14.5 Å². The van der Waals surface area contributed by atoms with Gasteiger partial charge in [0, 0.05) is 12.6 Å². The van der Waals surface area contributed by atoms with Crippen molar-refractivity contribution in [1.82, 2.24) is 10.2 Å². The molecular weight excluding hydrogens is 264 g/mol. The monoisotopic (exact) mass is 292 g/mol. The molecule has 1 aliphatic heterocycles. The average molecular weight is 292 g/mol. The van der Waals surface area contributed by atoms with E-state index >= 15 is 0 Å². The van der Waals surface area contributed by atoms with Crippen molar-refractivity contribution < 1.29 is 9.59 Å². The number of amides is 2. The number of hydrogen-bond acceptors (Lipinski definition) is 3. The van der Waals surface area contributed by atoms with Crippen molar-refractivity contribution in [2.75, 3.05) is 6.54 Å². The summed E-state index contributed by atoms with van der Waals surface area (Å²) in [4.78, 5) is 26.4. The molecule has 3 fully saturated rings. The highest BCUT2D eigenvalue weighted by atomic mass is 16.2. The molecule has 4 heteroatoms. The molecule has 1 heterocycles. The number of imide groups is 1. The Morgan fingerprint density at radius 2 is 1.86 bits per heavy atom. The maximum atomic E-state index is 12.6. The maximum absolute atomic E-state index is 12.6. The smallest absolute Gasteiger partial charge is 0.247 e. The summed E-state index contributed by atoms with van der Waals surface area (Å²) in [5, 5.41) is 3.40. The zero-order valence-electron chi connectivity index (χ0n) is 13.4. The number of likely N-dealkylation sites (tertiary alicyclic amines) is 1. The molecule has 0 bridgehead atoms. The molecule has 3 aliphatic rings. The number of carbonyl (C=O) groups excluding carboxylic acids is 2. The SMILES string of the molecule is CC(C)C1(CNC2CC(=O)N(C3CCCCC3)C2=O)CC1. The van der Waals surface area contributed by atoms with Crippen LogP contribution in [0.5, 0.6) is 0 Å². The number of hydrogen-bond donors (Lipinski definition) is 1. The average Bonchev–Trinajstić information content (AvgIpc) is 3.20. The van der Waals surface area contributed by atoms with Crippen molar-refractivity contribution in [3.05, 3.63) is 0 Å². The zero-order valence-corrected chi connectivity index (χ0v) is 13.4. The summed E-state index contributed by atoms with van der Waals surface area (Å²) in [6.45, 7) is 5.39. The van der Waals surface area contributed by atoms with Gasteiger partial charge in [-0.25, -0.2) is 0 Å². The molecule has 2 aliphatic carbocycles. The van der Waals surface area contributed by atoms with E-state index in [2.05, 4.69) is 19.2 Å². The Morgan fingerprint density at radius 3 is 2.43 bits per heavy atom. The minimum Gasteiger partial charge on any atom is -0.305 e. The van der Waals surface area contributed by atoms with Crippen molar-refractivity contribution in [2.24, 2.45) is 11.3 Å². The molecular formula is C17H28N2O2. The molecule has 1 N–H and O–H groups in total. The van der Waals surface area contributed by atoms with Gasteiger partial charge in [-0.1, -0.05) is 33.1 Å². The van der Waals surface area contributed by atoms with E-state index in [4.69, 9.17) is 0 Å². The van der Waals surface area contributed by atoms with Gasteiger partial charge >= 0.3 is 0 Å². The van der Waals surface area contributed by atoms with Gasteiger partial charge < -0.3 is 5.32 Å². The van der Waals surface area contributed by atoms with E-state index < -0.39 is 0 Å². The van der Waals surface area contributed by atoms with Gasteiger partial charge in [0.25, 0.3) is 0 Å². The fourth-order valence-corrected chi connectivity index (χ4v) is 3.98. The minimum atomic E-state index is -0.268. The summed E-state index contributed by atoms with van der Waals surface area (Å²) in [5.41, 5.74) is 0.377. The van der Waals surface area contributed by atoms with Gasteiger partial charge in [0.15, 0.2) is 0 Å². The molecule has 0 radical (unpaired) electrons. The zero-order chi connectivity index (χ0) is 15.0. The van der Waals surface area contributed by atoms with Crippen molar-refractivity contribution in [3.8, 4) is 0 Å². The predicted octanol–water partition coefficient (Wildman–Crippen LogP) is 2.47. The normalized spacial score (nSPS) is 29.5. The van der Waals surface area contributed by atoms with Crippen LogP contribution in [0.4, 0.5) is 0 Å². The molecule has 0 aromatic carbocycles. The fourth-order valence-electron chi connectivity index (χ4n) is 3.98. The topological polar surface area (TPSA) is 49.4 Å². The van der Waals surface area contributed by atoms with Gasteiger partial charge in [-0.2, -0.15) is 0 Å². The summed E-state index contributed by atoms with van der Waals surface area (Å²) < 4.78 is 0. The molecule has 4 nitrogen and oxygen atoms in total. The fraction of sp³-hybridized carbons (Fsp3) is 0.882. The quantitative estimate of drug-likeness (QED) is 0.792. The lowest BCUT2D eigenvalue weighted by molar-refractivity contribution is -0.142. The summed E-state index contributed by atoms with van der Waals surface area (Å²) in [6.07, 6.45) is 8.40. The van der Waals surface area contributed by atoms with Crippen molar-refractivity contribution in [2.45, 2.75) is 77.3 Å². The van der Waals surface area contributed by atoms with Gasteiger partial charge in [0.1, 0.15) is 0 Å². The highest BCUT2D eigenvalue weighted by Gasteiger charge is 2.47. The van der Waals surface area contributed by atoms with E-state index in [-0.39, 0.29) is 23.9 Å². The lowest BCUT2D eigenvalue weighted by Gasteiger charge is -2.30. The first-order valence-electron chi connectivity index (χ1n) is 8.63. The molecule has 2 saturated carbocycles. The number of nitrogens with zero attached hydrogens (tertiary/aromatic N) is 1. The Morgan fingerprint density at radius 1 is 1.19 bits per heavy atom. The van der Waals surface area contributed by atoms with Crippen LogP contribution in [0.1, 0.15) is 65.2 Å². The Balaban J connectivity index is 1.58. The third-order valence-corrected chi connectivity index (χ3v) is 5.94. The van der Waals surface area contributed by atoms with E-state index in [1.807, 2.05) is 0 Å². The predicted molar refractivity (Wildman–Crippen MR) is 81.6 cm³/mol. The standard InChI is InChI=1S/C17H28N2O2/c1-12(2)17(8-9-17)11-18-14-10-15(20)19(16(14)21)13-6-4-3-5-7-13/h12-14,18H,3-11H2,1-2H3. The molecule has 2 amide bonds. The lowest BCUT2D eigenvalue weighted by Crippen LogP contribution is -2.46. The van der Waals surface area contributed by atoms with E-state index in [1.54, 1.807) is 4.90 Å². The van der Waals surface area contributed by atoms with Crippen molar-refractivity contribution in [3.63, 3.8) is 0 Å². The molecule has 118 valence electrons. The summed E-state index contributed by atoms with van der Waals surface area (Å²) in [5.74, 6) is 0.719. The van der Waals surface area contributed by atoms with Gasteiger partial charge in [-0.15, -0.1) is 0 Å². The third kappa shape index (κ3) is 2.87. The Kier molecular flexibility index (Phi) is 4.08. The molecule has 0 aromatic rings. The van der Waals surface area contributed by atoms with Crippen LogP contribution in [-0.4, -0.2) is 35.3 Å². The number of rotatable bonds is 5. The van der Waals surface area contributed by atoms with Crippen LogP contribution in [-0.2, 0) is 9.59 Å². The first kappa shape index (κ1) is 15.0. The van der Waals surface area contributed by atoms with E-state index in [0.717, 1.165) is 32.2 Å². The number of nitrogens with one attached hydrogen (secondary N) is 1. The van der Waals surface area contributed by atoms with Crippen LogP contribution < -0.4 is 5.32 Å². The molecule has 0 spiro atoms. The van der Waals surface area contributed by atoms with E-state index in [9.17, 15) is 9.59 Å². The summed E-state index contributed by atoms with van der Waals surface area (Å²) in [6, 6.07) is -0.0961. The van der Waals surface area contributed by atoms with Crippen molar-refractivity contribution in [1.29, 1.82) is 0 Å². The maximum Gasteiger partial charge on any atom is 0.247 e. The van der Waals surface area contributed by atoms with E-state index in [1.165, 1.54) is 19.3 Å². The molecule has 1 unspecified atom stereocenters. The van der Waals surface area contributed by atoms with Gasteiger partial charge in [-0.05, 0) is 37.0 Å². The summed E-state index contributed by atoms with van der Waals surface area (Å²) >= 11 is 0. The third-order valence-electron chi connectivity index (χ3n) is 5.94. The number of carbonyl (C=O) groups is 2. The molecule has 21 heavy (non-hydrogen) atoms. The molecule has 1 atom stereocenters. The Bertz CT molecular complexity index is 423. The van der Waals surface area contributed by atoms with Crippen LogP contribution in [0.25, 0.3) is 0 Å². The Hall–Kier alpha value is -0.900. The molecule has 0 aromatic heterocycles. The lowest BCUT2D eigenvalue weighted by atomic mass is 9.92. The van der Waals surface area contributed by atoms with E-state index in [0.29, 0.717) is 17.8 Å².